The van der Waals surface area contributed by atoms with Crippen LogP contribution in [0.2, 0.25) is 10.0 Å². The standard InChI is InChI=1S/C18H15Cl2NO3/c1-18(9-11-6-7-13(19)14(20)8-11)12-4-2-3-5-15(12)21(17(18)24)10-16(22)23/h2-8H,9-10H2,1H3,(H,22,23). The van der Waals surface area contributed by atoms with Crippen LogP contribution in [-0.4, -0.2) is 23.5 Å². The largest absolute Gasteiger partial charge is 0.480 e. The summed E-state index contributed by atoms with van der Waals surface area (Å²) < 4.78 is 0. The molecule has 1 aliphatic heterocycles. The second-order valence-electron chi connectivity index (χ2n) is 6.06. The number of aliphatic carboxylic acids is 1. The molecule has 0 aliphatic carbocycles. The van der Waals surface area contributed by atoms with Crippen molar-refractivity contribution in [1.29, 1.82) is 0 Å². The third kappa shape index (κ3) is 2.76. The van der Waals surface area contributed by atoms with Gasteiger partial charge in [-0.1, -0.05) is 47.5 Å². The number of hydrogen-bond acceptors (Lipinski definition) is 2. The van der Waals surface area contributed by atoms with Crippen molar-refractivity contribution in [3.05, 3.63) is 63.6 Å². The fourth-order valence-corrected chi connectivity index (χ4v) is 3.54. The number of para-hydroxylation sites is 1. The van der Waals surface area contributed by atoms with E-state index in [4.69, 9.17) is 28.3 Å². The van der Waals surface area contributed by atoms with Crippen LogP contribution in [0.15, 0.2) is 42.5 Å². The van der Waals surface area contributed by atoms with E-state index in [2.05, 4.69) is 0 Å². The average molecular weight is 364 g/mol. The smallest absolute Gasteiger partial charge is 0.323 e. The number of benzene rings is 2. The maximum atomic E-state index is 13.0. The van der Waals surface area contributed by atoms with E-state index in [-0.39, 0.29) is 12.5 Å². The lowest BCUT2D eigenvalue weighted by atomic mass is 9.78. The fraction of sp³-hybridized carbons (Fsp3) is 0.222. The summed E-state index contributed by atoms with van der Waals surface area (Å²) in [6, 6.07) is 12.6. The van der Waals surface area contributed by atoms with Gasteiger partial charge in [0.1, 0.15) is 6.54 Å². The van der Waals surface area contributed by atoms with Gasteiger partial charge in [0, 0.05) is 5.69 Å². The van der Waals surface area contributed by atoms with Crippen LogP contribution >= 0.6 is 23.2 Å². The number of anilines is 1. The van der Waals surface area contributed by atoms with Gasteiger partial charge in [0.15, 0.2) is 0 Å². The molecule has 1 atom stereocenters. The van der Waals surface area contributed by atoms with Crippen molar-refractivity contribution in [2.24, 2.45) is 0 Å². The van der Waals surface area contributed by atoms with E-state index in [0.717, 1.165) is 11.1 Å². The molecule has 124 valence electrons. The van der Waals surface area contributed by atoms with Crippen molar-refractivity contribution in [2.45, 2.75) is 18.8 Å². The van der Waals surface area contributed by atoms with Crippen LogP contribution in [0.4, 0.5) is 5.69 Å². The number of carbonyl (C=O) groups is 2. The number of rotatable bonds is 4. The Morgan fingerprint density at radius 1 is 1.17 bits per heavy atom. The second kappa shape index (κ2) is 6.11. The van der Waals surface area contributed by atoms with Crippen LogP contribution in [-0.2, 0) is 21.4 Å². The monoisotopic (exact) mass is 363 g/mol. The molecule has 6 heteroatoms. The van der Waals surface area contributed by atoms with Gasteiger partial charge in [-0.2, -0.15) is 0 Å². The molecular formula is C18H15Cl2NO3. The Morgan fingerprint density at radius 2 is 1.88 bits per heavy atom. The van der Waals surface area contributed by atoms with Crippen LogP contribution in [0.25, 0.3) is 0 Å². The minimum atomic E-state index is -1.04. The van der Waals surface area contributed by atoms with Crippen molar-refractivity contribution >= 4 is 40.8 Å². The zero-order valence-corrected chi connectivity index (χ0v) is 14.4. The maximum Gasteiger partial charge on any atom is 0.323 e. The van der Waals surface area contributed by atoms with Gasteiger partial charge in [0.25, 0.3) is 0 Å². The van der Waals surface area contributed by atoms with Gasteiger partial charge >= 0.3 is 5.97 Å². The van der Waals surface area contributed by atoms with Crippen molar-refractivity contribution in [3.63, 3.8) is 0 Å². The van der Waals surface area contributed by atoms with E-state index in [9.17, 15) is 9.59 Å². The van der Waals surface area contributed by atoms with Crippen LogP contribution in [0, 0.1) is 0 Å². The lowest BCUT2D eigenvalue weighted by molar-refractivity contribution is -0.137. The zero-order chi connectivity index (χ0) is 17.5. The van der Waals surface area contributed by atoms with Crippen molar-refractivity contribution in [3.8, 4) is 0 Å². The zero-order valence-electron chi connectivity index (χ0n) is 12.9. The summed E-state index contributed by atoms with van der Waals surface area (Å²) in [6.45, 7) is 1.48. The molecule has 0 saturated carbocycles. The third-order valence-corrected chi connectivity index (χ3v) is 5.08. The molecule has 0 radical (unpaired) electrons. The Hall–Kier alpha value is -2.04. The highest BCUT2D eigenvalue weighted by molar-refractivity contribution is 6.42. The number of halogens is 2. The summed E-state index contributed by atoms with van der Waals surface area (Å²) in [5.74, 6) is -1.27. The maximum absolute atomic E-state index is 13.0. The van der Waals surface area contributed by atoms with Crippen LogP contribution in [0.1, 0.15) is 18.1 Å². The molecule has 3 rings (SSSR count). The number of amides is 1. The van der Waals surface area contributed by atoms with Gasteiger partial charge in [-0.05, 0) is 42.7 Å². The molecule has 0 aromatic heterocycles. The number of fused-ring (bicyclic) bond motifs is 1. The summed E-state index contributed by atoms with van der Waals surface area (Å²) >= 11 is 12.0. The molecular weight excluding hydrogens is 349 g/mol. The van der Waals surface area contributed by atoms with E-state index >= 15 is 0 Å². The molecule has 4 nitrogen and oxygen atoms in total. The first-order valence-corrected chi connectivity index (χ1v) is 8.16. The Kier molecular flexibility index (Phi) is 4.28. The molecule has 1 amide bonds. The summed E-state index contributed by atoms with van der Waals surface area (Å²) in [6.07, 6.45) is 0.413. The topological polar surface area (TPSA) is 57.6 Å². The van der Waals surface area contributed by atoms with E-state index in [0.29, 0.717) is 22.2 Å². The number of hydrogen-bond donors (Lipinski definition) is 1. The van der Waals surface area contributed by atoms with Gasteiger partial charge in [-0.25, -0.2) is 0 Å². The lowest BCUT2D eigenvalue weighted by Crippen LogP contribution is -2.42. The summed E-state index contributed by atoms with van der Waals surface area (Å²) in [5.41, 5.74) is 1.49. The first-order chi connectivity index (χ1) is 11.3. The Labute approximate surface area is 149 Å². The molecule has 0 fully saturated rings. The highest BCUT2D eigenvalue weighted by Crippen LogP contribution is 2.43. The first kappa shape index (κ1) is 16.8. The fourth-order valence-electron chi connectivity index (χ4n) is 3.22. The normalized spacial score (nSPS) is 19.5. The summed E-state index contributed by atoms with van der Waals surface area (Å²) in [5, 5.41) is 10.0. The van der Waals surface area contributed by atoms with E-state index in [1.54, 1.807) is 24.3 Å². The minimum absolute atomic E-state index is 0.225. The Bertz CT molecular complexity index is 837. The van der Waals surface area contributed by atoms with E-state index in [1.807, 2.05) is 25.1 Å². The average Bonchev–Trinajstić information content (AvgIpc) is 2.73. The summed E-state index contributed by atoms with van der Waals surface area (Å²) in [4.78, 5) is 25.4. The predicted molar refractivity (Wildman–Crippen MR) is 93.9 cm³/mol. The van der Waals surface area contributed by atoms with Gasteiger partial charge in [-0.3, -0.25) is 9.59 Å². The Morgan fingerprint density at radius 3 is 2.54 bits per heavy atom. The van der Waals surface area contributed by atoms with Gasteiger partial charge in [-0.15, -0.1) is 0 Å². The molecule has 1 aliphatic rings. The van der Waals surface area contributed by atoms with Crippen LogP contribution in [0.5, 0.6) is 0 Å². The third-order valence-electron chi connectivity index (χ3n) is 4.34. The first-order valence-electron chi connectivity index (χ1n) is 7.40. The van der Waals surface area contributed by atoms with E-state index < -0.39 is 11.4 Å². The predicted octanol–water partition coefficient (Wildman–Crippen LogP) is 3.93. The molecule has 1 heterocycles. The SMILES string of the molecule is CC1(Cc2ccc(Cl)c(Cl)c2)C(=O)N(CC(=O)O)c2ccccc21. The quantitative estimate of drug-likeness (QED) is 0.895. The van der Waals surface area contributed by atoms with Gasteiger partial charge in [0.2, 0.25) is 5.91 Å². The highest BCUT2D eigenvalue weighted by Gasteiger charge is 2.47. The van der Waals surface area contributed by atoms with Crippen LogP contribution in [0.3, 0.4) is 0 Å². The van der Waals surface area contributed by atoms with Gasteiger partial charge in [0.05, 0.1) is 15.5 Å². The van der Waals surface area contributed by atoms with Gasteiger partial charge < -0.3 is 10.0 Å². The minimum Gasteiger partial charge on any atom is -0.480 e. The number of carbonyl (C=O) groups excluding carboxylic acids is 1. The molecule has 1 unspecified atom stereocenters. The number of nitrogens with zero attached hydrogens (tertiary/aromatic N) is 1. The molecule has 24 heavy (non-hydrogen) atoms. The van der Waals surface area contributed by atoms with Crippen molar-refractivity contribution in [1.82, 2.24) is 0 Å². The van der Waals surface area contributed by atoms with Crippen LogP contribution < -0.4 is 4.90 Å². The summed E-state index contributed by atoms with van der Waals surface area (Å²) in [7, 11) is 0. The van der Waals surface area contributed by atoms with E-state index in [1.165, 1.54) is 4.90 Å². The number of carboxylic acids is 1. The molecule has 0 bridgehead atoms. The van der Waals surface area contributed by atoms with Crippen molar-refractivity contribution < 1.29 is 14.7 Å². The highest BCUT2D eigenvalue weighted by atomic mass is 35.5. The Balaban J connectivity index is 2.03. The molecule has 1 N–H and O–H groups in total. The molecule has 2 aromatic carbocycles. The molecule has 0 saturated heterocycles. The second-order valence-corrected chi connectivity index (χ2v) is 6.87. The van der Waals surface area contributed by atoms with Crippen molar-refractivity contribution in [2.75, 3.05) is 11.4 Å². The molecule has 2 aromatic rings. The lowest BCUT2D eigenvalue weighted by Gasteiger charge is -2.24. The molecule has 0 spiro atoms. The number of carboxylic acid groups (broad SMARTS) is 1.